The van der Waals surface area contributed by atoms with Crippen LogP contribution in [0.15, 0.2) is 4.99 Å². The zero-order chi connectivity index (χ0) is 15.8. The van der Waals surface area contributed by atoms with E-state index < -0.39 is 0 Å². The normalized spacial score (nSPS) is 25.0. The summed E-state index contributed by atoms with van der Waals surface area (Å²) in [4.78, 5) is 9.46. The van der Waals surface area contributed by atoms with Crippen LogP contribution >= 0.6 is 0 Å². The summed E-state index contributed by atoms with van der Waals surface area (Å²) in [6, 6.07) is 0. The standard InChI is InChI=1S/C17H34N4O/c1-4-8-20-9-5-15(6-10-20)12-19-17(18-2)21-11-7-16(13-21)14-22-3/h15-16H,4-14H2,1-3H3,(H,18,19). The van der Waals surface area contributed by atoms with Gasteiger partial charge in [0.15, 0.2) is 5.96 Å². The first-order chi connectivity index (χ1) is 10.8. The molecule has 2 fully saturated rings. The van der Waals surface area contributed by atoms with E-state index in [2.05, 4.69) is 27.0 Å². The quantitative estimate of drug-likeness (QED) is 0.598. The van der Waals surface area contributed by atoms with Crippen LogP contribution in [0.2, 0.25) is 0 Å². The third-order valence-corrected chi connectivity index (χ3v) is 5.00. The maximum absolute atomic E-state index is 5.28. The molecule has 0 aliphatic carbocycles. The number of nitrogens with zero attached hydrogens (tertiary/aromatic N) is 3. The van der Waals surface area contributed by atoms with E-state index in [1.165, 1.54) is 45.3 Å². The Bertz CT molecular complexity index is 340. The first kappa shape index (κ1) is 17.5. The summed E-state index contributed by atoms with van der Waals surface area (Å²) in [6.45, 7) is 10.2. The van der Waals surface area contributed by atoms with Crippen LogP contribution in [0.5, 0.6) is 0 Å². The average Bonchev–Trinajstić information content (AvgIpc) is 2.99. The Morgan fingerprint density at radius 1 is 1.18 bits per heavy atom. The molecule has 128 valence electrons. The van der Waals surface area contributed by atoms with Crippen LogP contribution in [-0.4, -0.2) is 75.8 Å². The van der Waals surface area contributed by atoms with Crippen molar-refractivity contribution in [3.05, 3.63) is 0 Å². The Labute approximate surface area is 136 Å². The van der Waals surface area contributed by atoms with Gasteiger partial charge in [0, 0.05) is 39.7 Å². The first-order valence-corrected chi connectivity index (χ1v) is 8.93. The van der Waals surface area contributed by atoms with Gasteiger partial charge in [0.05, 0.1) is 6.61 Å². The van der Waals surface area contributed by atoms with E-state index in [4.69, 9.17) is 4.74 Å². The lowest BCUT2D eigenvalue weighted by molar-refractivity contribution is 0.157. The fourth-order valence-electron chi connectivity index (χ4n) is 3.70. The van der Waals surface area contributed by atoms with Crippen molar-refractivity contribution < 1.29 is 4.74 Å². The third-order valence-electron chi connectivity index (χ3n) is 5.00. The summed E-state index contributed by atoms with van der Waals surface area (Å²) in [5, 5.41) is 3.61. The molecule has 1 unspecified atom stereocenters. The molecule has 2 heterocycles. The minimum atomic E-state index is 0.654. The number of guanidine groups is 1. The van der Waals surface area contributed by atoms with Gasteiger partial charge in [-0.15, -0.1) is 0 Å². The van der Waals surface area contributed by atoms with Crippen molar-refractivity contribution in [2.45, 2.75) is 32.6 Å². The maximum atomic E-state index is 5.28. The summed E-state index contributed by atoms with van der Waals surface area (Å²) in [5.41, 5.74) is 0. The highest BCUT2D eigenvalue weighted by Crippen LogP contribution is 2.18. The molecule has 2 aliphatic rings. The van der Waals surface area contributed by atoms with E-state index in [9.17, 15) is 0 Å². The summed E-state index contributed by atoms with van der Waals surface area (Å²) >= 11 is 0. The van der Waals surface area contributed by atoms with Gasteiger partial charge in [-0.1, -0.05) is 6.92 Å². The van der Waals surface area contributed by atoms with Crippen LogP contribution in [0.3, 0.4) is 0 Å². The molecule has 2 aliphatic heterocycles. The van der Waals surface area contributed by atoms with Crippen molar-refractivity contribution in [1.82, 2.24) is 15.1 Å². The molecular weight excluding hydrogens is 276 g/mol. The Balaban J connectivity index is 1.69. The first-order valence-electron chi connectivity index (χ1n) is 8.93. The summed E-state index contributed by atoms with van der Waals surface area (Å²) in [7, 11) is 3.69. The van der Waals surface area contributed by atoms with Crippen molar-refractivity contribution in [3.8, 4) is 0 Å². The lowest BCUT2D eigenvalue weighted by Gasteiger charge is -2.32. The zero-order valence-electron chi connectivity index (χ0n) is 14.7. The lowest BCUT2D eigenvalue weighted by atomic mass is 9.97. The summed E-state index contributed by atoms with van der Waals surface area (Å²) < 4.78 is 5.28. The molecule has 0 aromatic rings. The number of ether oxygens (including phenoxy) is 1. The van der Waals surface area contributed by atoms with Gasteiger partial charge in [-0.2, -0.15) is 0 Å². The minimum absolute atomic E-state index is 0.654. The molecule has 5 heteroatoms. The minimum Gasteiger partial charge on any atom is -0.384 e. The van der Waals surface area contributed by atoms with Gasteiger partial charge in [-0.25, -0.2) is 0 Å². The van der Waals surface area contributed by atoms with Crippen LogP contribution in [-0.2, 0) is 4.74 Å². The molecule has 0 spiro atoms. The Hall–Kier alpha value is -0.810. The van der Waals surface area contributed by atoms with Crippen molar-refractivity contribution in [2.75, 3.05) is 60.0 Å². The number of nitrogens with one attached hydrogen (secondary N) is 1. The van der Waals surface area contributed by atoms with Gasteiger partial charge >= 0.3 is 0 Å². The predicted octanol–water partition coefficient (Wildman–Crippen LogP) is 1.65. The molecule has 0 aromatic heterocycles. The number of likely N-dealkylation sites (tertiary alicyclic amines) is 2. The average molecular weight is 310 g/mol. The van der Waals surface area contributed by atoms with E-state index in [1.54, 1.807) is 7.11 Å². The summed E-state index contributed by atoms with van der Waals surface area (Å²) in [6.07, 6.45) is 5.11. The van der Waals surface area contributed by atoms with Gasteiger partial charge in [0.2, 0.25) is 0 Å². The smallest absolute Gasteiger partial charge is 0.193 e. The van der Waals surface area contributed by atoms with Crippen LogP contribution in [0, 0.1) is 11.8 Å². The Kier molecular flexibility index (Phi) is 7.46. The molecule has 5 nitrogen and oxygen atoms in total. The number of aliphatic imine (C=N–C) groups is 1. The van der Waals surface area contributed by atoms with Crippen molar-refractivity contribution in [1.29, 1.82) is 0 Å². The van der Waals surface area contributed by atoms with E-state index in [0.717, 1.165) is 38.1 Å². The zero-order valence-corrected chi connectivity index (χ0v) is 14.7. The highest BCUT2D eigenvalue weighted by Gasteiger charge is 2.25. The van der Waals surface area contributed by atoms with E-state index in [0.29, 0.717) is 5.92 Å². The van der Waals surface area contributed by atoms with Gasteiger partial charge in [0.1, 0.15) is 0 Å². The topological polar surface area (TPSA) is 40.1 Å². The van der Waals surface area contributed by atoms with Crippen molar-refractivity contribution >= 4 is 5.96 Å². The van der Waals surface area contributed by atoms with E-state index >= 15 is 0 Å². The molecule has 0 radical (unpaired) electrons. The van der Waals surface area contributed by atoms with Crippen molar-refractivity contribution in [2.24, 2.45) is 16.8 Å². The van der Waals surface area contributed by atoms with Crippen molar-refractivity contribution in [3.63, 3.8) is 0 Å². The Morgan fingerprint density at radius 2 is 1.91 bits per heavy atom. The molecular formula is C17H34N4O. The monoisotopic (exact) mass is 310 g/mol. The highest BCUT2D eigenvalue weighted by molar-refractivity contribution is 5.80. The molecule has 22 heavy (non-hydrogen) atoms. The second-order valence-corrected chi connectivity index (χ2v) is 6.77. The molecule has 2 saturated heterocycles. The van der Waals surface area contributed by atoms with Gasteiger partial charge in [-0.05, 0) is 51.2 Å². The molecule has 0 saturated carbocycles. The molecule has 0 amide bonds. The number of piperidine rings is 1. The second-order valence-electron chi connectivity index (χ2n) is 6.77. The van der Waals surface area contributed by atoms with Crippen LogP contribution in [0.4, 0.5) is 0 Å². The second kappa shape index (κ2) is 9.36. The number of hydrogen-bond acceptors (Lipinski definition) is 3. The number of methoxy groups -OCH3 is 1. The van der Waals surface area contributed by atoms with Crippen LogP contribution < -0.4 is 5.32 Å². The third kappa shape index (κ3) is 5.13. The summed E-state index contributed by atoms with van der Waals surface area (Å²) in [5.74, 6) is 2.53. The van der Waals surface area contributed by atoms with Gasteiger partial charge < -0.3 is 19.9 Å². The van der Waals surface area contributed by atoms with Gasteiger partial charge in [-0.3, -0.25) is 4.99 Å². The van der Waals surface area contributed by atoms with Gasteiger partial charge in [0.25, 0.3) is 0 Å². The fourth-order valence-corrected chi connectivity index (χ4v) is 3.70. The lowest BCUT2D eigenvalue weighted by Crippen LogP contribution is -2.44. The molecule has 0 aromatic carbocycles. The fraction of sp³-hybridized carbons (Fsp3) is 0.941. The molecule has 0 bridgehead atoms. The van der Waals surface area contributed by atoms with Crippen LogP contribution in [0.1, 0.15) is 32.6 Å². The molecule has 2 rings (SSSR count). The van der Waals surface area contributed by atoms with E-state index in [-0.39, 0.29) is 0 Å². The molecule has 1 atom stereocenters. The SMILES string of the molecule is CCCN1CCC(CNC(=NC)N2CCC(COC)C2)CC1. The van der Waals surface area contributed by atoms with Crippen LogP contribution in [0.25, 0.3) is 0 Å². The number of hydrogen-bond donors (Lipinski definition) is 1. The van der Waals surface area contributed by atoms with E-state index in [1.807, 2.05) is 7.05 Å². The number of rotatable bonds is 6. The predicted molar refractivity (Wildman–Crippen MR) is 92.4 cm³/mol. The highest BCUT2D eigenvalue weighted by atomic mass is 16.5. The Morgan fingerprint density at radius 3 is 2.55 bits per heavy atom. The molecule has 1 N–H and O–H groups in total. The maximum Gasteiger partial charge on any atom is 0.193 e. The largest absolute Gasteiger partial charge is 0.384 e.